The second kappa shape index (κ2) is 8.62. The first-order chi connectivity index (χ1) is 14.4. The highest BCUT2D eigenvalue weighted by molar-refractivity contribution is 8.14. The monoisotopic (exact) mass is 440 g/mol. The van der Waals surface area contributed by atoms with E-state index in [2.05, 4.69) is 24.2 Å². The third kappa shape index (κ3) is 4.13. The number of amides is 2. The van der Waals surface area contributed by atoms with Crippen LogP contribution in [0.3, 0.4) is 0 Å². The van der Waals surface area contributed by atoms with Gasteiger partial charge in [-0.05, 0) is 36.6 Å². The standard InChI is InChI=1S/C22H21ClN4O2S/c1-13(2)11-18-21(29)27-20(25-18)14-7-3-5-9-16(14)26-22(27)30-12-19(28)24-17-10-6-4-8-15(17)23/h3-10,13,18H,11-12H2,1-2H3,(H,24,28)/t18-/m0/s1. The highest BCUT2D eigenvalue weighted by Crippen LogP contribution is 2.34. The van der Waals surface area contributed by atoms with Gasteiger partial charge in [0, 0.05) is 5.56 Å². The number of nitrogens with zero attached hydrogens (tertiary/aromatic N) is 3. The van der Waals surface area contributed by atoms with Crippen LogP contribution in [0.25, 0.3) is 0 Å². The zero-order valence-electron chi connectivity index (χ0n) is 16.6. The molecule has 154 valence electrons. The molecule has 8 heteroatoms. The Morgan fingerprint density at radius 1 is 1.20 bits per heavy atom. The summed E-state index contributed by atoms with van der Waals surface area (Å²) in [6.07, 6.45) is 0.673. The maximum absolute atomic E-state index is 13.1. The van der Waals surface area contributed by atoms with Crippen molar-refractivity contribution in [3.63, 3.8) is 0 Å². The molecular weight excluding hydrogens is 420 g/mol. The van der Waals surface area contributed by atoms with Crippen molar-refractivity contribution in [1.82, 2.24) is 4.90 Å². The molecule has 2 aliphatic heterocycles. The molecule has 6 nitrogen and oxygen atoms in total. The third-order valence-corrected chi connectivity index (χ3v) is 5.99. The van der Waals surface area contributed by atoms with E-state index in [0.29, 0.717) is 34.1 Å². The van der Waals surface area contributed by atoms with E-state index in [9.17, 15) is 9.59 Å². The summed E-state index contributed by atoms with van der Waals surface area (Å²) in [4.78, 5) is 36.4. The Morgan fingerprint density at radius 3 is 2.70 bits per heavy atom. The first-order valence-corrected chi connectivity index (χ1v) is 11.1. The molecule has 0 spiro atoms. The molecule has 0 aliphatic carbocycles. The summed E-state index contributed by atoms with van der Waals surface area (Å²) >= 11 is 7.32. The second-order valence-corrected chi connectivity index (χ2v) is 8.85. The number of thioether (sulfide) groups is 1. The number of amidine groups is 2. The number of nitrogens with one attached hydrogen (secondary N) is 1. The number of carbonyl (C=O) groups excluding carboxylic acids is 2. The number of rotatable bonds is 5. The van der Waals surface area contributed by atoms with Crippen LogP contribution in [0, 0.1) is 5.92 Å². The van der Waals surface area contributed by atoms with Gasteiger partial charge in [-0.1, -0.05) is 61.5 Å². The lowest BCUT2D eigenvalue weighted by Crippen LogP contribution is -2.41. The first kappa shape index (κ1) is 20.6. The van der Waals surface area contributed by atoms with Gasteiger partial charge in [0.1, 0.15) is 11.9 Å². The molecule has 0 saturated heterocycles. The minimum Gasteiger partial charge on any atom is -0.324 e. The van der Waals surface area contributed by atoms with E-state index in [1.54, 1.807) is 29.2 Å². The van der Waals surface area contributed by atoms with E-state index in [1.807, 2.05) is 24.3 Å². The molecule has 2 aromatic carbocycles. The molecule has 0 radical (unpaired) electrons. The summed E-state index contributed by atoms with van der Waals surface area (Å²) in [5.41, 5.74) is 2.14. The van der Waals surface area contributed by atoms with Crippen LogP contribution in [0.1, 0.15) is 25.8 Å². The number of aliphatic imine (C=N–C) groups is 2. The number of para-hydroxylation sites is 2. The molecule has 2 amide bonds. The Balaban J connectivity index is 1.55. The molecule has 2 heterocycles. The number of fused-ring (bicyclic) bond motifs is 3. The number of benzene rings is 2. The predicted molar refractivity (Wildman–Crippen MR) is 123 cm³/mol. The molecule has 4 rings (SSSR count). The summed E-state index contributed by atoms with van der Waals surface area (Å²) in [7, 11) is 0. The predicted octanol–water partition coefficient (Wildman–Crippen LogP) is 4.72. The SMILES string of the molecule is CC(C)C[C@@H]1N=C2c3ccccc3N=C(SCC(=O)Nc3ccccc3Cl)N2C1=O. The summed E-state index contributed by atoms with van der Waals surface area (Å²) in [6.45, 7) is 4.14. The Labute approximate surface area is 184 Å². The van der Waals surface area contributed by atoms with Crippen LogP contribution in [0.4, 0.5) is 11.4 Å². The molecule has 1 atom stereocenters. The van der Waals surface area contributed by atoms with Crippen molar-refractivity contribution < 1.29 is 9.59 Å². The Kier molecular flexibility index (Phi) is 5.92. The quantitative estimate of drug-likeness (QED) is 0.731. The van der Waals surface area contributed by atoms with Crippen molar-refractivity contribution in [2.45, 2.75) is 26.3 Å². The zero-order chi connectivity index (χ0) is 21.3. The normalized spacial score (nSPS) is 17.4. The molecule has 30 heavy (non-hydrogen) atoms. The molecule has 0 unspecified atom stereocenters. The number of hydrogen-bond acceptors (Lipinski definition) is 5. The fourth-order valence-corrected chi connectivity index (χ4v) is 4.36. The van der Waals surface area contributed by atoms with Crippen molar-refractivity contribution in [2.75, 3.05) is 11.1 Å². The van der Waals surface area contributed by atoms with Gasteiger partial charge in [-0.15, -0.1) is 0 Å². The van der Waals surface area contributed by atoms with Gasteiger partial charge in [-0.25, -0.2) is 9.89 Å². The number of hydrogen-bond donors (Lipinski definition) is 1. The van der Waals surface area contributed by atoms with Crippen LogP contribution in [-0.4, -0.2) is 39.5 Å². The maximum atomic E-state index is 13.1. The van der Waals surface area contributed by atoms with Crippen LogP contribution >= 0.6 is 23.4 Å². The smallest absolute Gasteiger partial charge is 0.259 e. The van der Waals surface area contributed by atoms with Crippen LogP contribution in [0.2, 0.25) is 5.02 Å². The van der Waals surface area contributed by atoms with Crippen molar-refractivity contribution in [3.8, 4) is 0 Å². The van der Waals surface area contributed by atoms with Gasteiger partial charge in [-0.2, -0.15) is 0 Å². The molecule has 1 N–H and O–H groups in total. The van der Waals surface area contributed by atoms with Crippen LogP contribution in [0.5, 0.6) is 0 Å². The van der Waals surface area contributed by atoms with Gasteiger partial charge in [0.25, 0.3) is 5.91 Å². The molecule has 0 saturated carbocycles. The highest BCUT2D eigenvalue weighted by atomic mass is 35.5. The van der Waals surface area contributed by atoms with E-state index < -0.39 is 6.04 Å². The first-order valence-electron chi connectivity index (χ1n) is 9.71. The lowest BCUT2D eigenvalue weighted by atomic mass is 10.0. The van der Waals surface area contributed by atoms with Gasteiger partial charge in [0.15, 0.2) is 5.17 Å². The van der Waals surface area contributed by atoms with Crippen LogP contribution in [0.15, 0.2) is 58.5 Å². The lowest BCUT2D eigenvalue weighted by molar-refractivity contribution is -0.125. The van der Waals surface area contributed by atoms with Crippen molar-refractivity contribution in [2.24, 2.45) is 15.9 Å². The van der Waals surface area contributed by atoms with E-state index in [0.717, 1.165) is 11.3 Å². The Morgan fingerprint density at radius 2 is 1.93 bits per heavy atom. The summed E-state index contributed by atoms with van der Waals surface area (Å²) < 4.78 is 0. The fraction of sp³-hybridized carbons (Fsp3) is 0.273. The van der Waals surface area contributed by atoms with Gasteiger partial charge >= 0.3 is 0 Å². The van der Waals surface area contributed by atoms with E-state index >= 15 is 0 Å². The van der Waals surface area contributed by atoms with E-state index in [1.165, 1.54) is 11.8 Å². The molecular formula is C22H21ClN4O2S. The molecule has 0 fully saturated rings. The number of carbonyl (C=O) groups is 2. The fourth-order valence-electron chi connectivity index (χ4n) is 3.38. The molecule has 0 aromatic heterocycles. The average Bonchev–Trinajstić information content (AvgIpc) is 3.04. The topological polar surface area (TPSA) is 74.1 Å². The minimum atomic E-state index is -0.422. The van der Waals surface area contributed by atoms with E-state index in [4.69, 9.17) is 16.6 Å². The van der Waals surface area contributed by atoms with Gasteiger partial charge in [0.2, 0.25) is 5.91 Å². The van der Waals surface area contributed by atoms with Crippen molar-refractivity contribution >= 4 is 57.6 Å². The van der Waals surface area contributed by atoms with Crippen LogP contribution < -0.4 is 5.32 Å². The molecule has 2 aromatic rings. The minimum absolute atomic E-state index is 0.0917. The van der Waals surface area contributed by atoms with Crippen molar-refractivity contribution in [3.05, 3.63) is 59.1 Å². The molecule has 0 bridgehead atoms. The van der Waals surface area contributed by atoms with E-state index in [-0.39, 0.29) is 17.6 Å². The summed E-state index contributed by atoms with van der Waals surface area (Å²) in [5, 5.41) is 3.74. The third-order valence-electron chi connectivity index (χ3n) is 4.72. The lowest BCUT2D eigenvalue weighted by Gasteiger charge is -2.25. The second-order valence-electron chi connectivity index (χ2n) is 7.50. The average molecular weight is 441 g/mol. The van der Waals surface area contributed by atoms with Crippen molar-refractivity contribution in [1.29, 1.82) is 0 Å². The summed E-state index contributed by atoms with van der Waals surface area (Å²) in [5.74, 6) is 0.738. The highest BCUT2D eigenvalue weighted by Gasteiger charge is 2.41. The Hall–Kier alpha value is -2.64. The van der Waals surface area contributed by atoms with Crippen LogP contribution in [-0.2, 0) is 9.59 Å². The zero-order valence-corrected chi connectivity index (χ0v) is 18.2. The number of halogens is 1. The number of anilines is 1. The van der Waals surface area contributed by atoms with Gasteiger partial charge < -0.3 is 5.32 Å². The summed E-state index contributed by atoms with van der Waals surface area (Å²) in [6, 6.07) is 14.2. The Bertz CT molecular complexity index is 1070. The maximum Gasteiger partial charge on any atom is 0.259 e. The molecule has 2 aliphatic rings. The largest absolute Gasteiger partial charge is 0.324 e. The van der Waals surface area contributed by atoms with Gasteiger partial charge in [0.05, 0.1) is 22.2 Å². The van der Waals surface area contributed by atoms with Gasteiger partial charge in [-0.3, -0.25) is 14.6 Å².